The molecule has 2 aliphatic rings. The molecule has 1 saturated carbocycles. The number of fused-ring (bicyclic) bond motifs is 1. The molecule has 6 heteroatoms. The number of nitrogens with zero attached hydrogens (tertiary/aromatic N) is 3. The smallest absolute Gasteiger partial charge is 0.227 e. The number of ether oxygens (including phenoxy) is 2. The highest BCUT2D eigenvalue weighted by Gasteiger charge is 2.29. The highest BCUT2D eigenvalue weighted by molar-refractivity contribution is 5.93. The second kappa shape index (κ2) is 7.12. The molecule has 0 radical (unpaired) electrons. The maximum absolute atomic E-state index is 6.20. The lowest BCUT2D eigenvalue weighted by Crippen LogP contribution is -2.34. The van der Waals surface area contributed by atoms with E-state index in [1.165, 1.54) is 5.56 Å². The van der Waals surface area contributed by atoms with Crippen molar-refractivity contribution in [1.29, 1.82) is 0 Å². The molecule has 27 heavy (non-hydrogen) atoms. The van der Waals surface area contributed by atoms with Gasteiger partial charge in [0, 0.05) is 43.5 Å². The molecule has 0 amide bonds. The number of imidazole rings is 1. The Balaban J connectivity index is 1.25. The number of pyridine rings is 1. The van der Waals surface area contributed by atoms with E-state index in [0.29, 0.717) is 11.9 Å². The fourth-order valence-corrected chi connectivity index (χ4v) is 3.76. The standard InChI is InChI=1S/C21H22N4O2/c1-2-6-19-18(5-1)24-21(25-19)23-15-12-16(13-15)27-20-17(4-3-9-22-20)14-7-10-26-11-8-14/h1-6,9,14,16H,7-8,10-13H2,(H,24,25). The van der Waals surface area contributed by atoms with Gasteiger partial charge < -0.3 is 14.5 Å². The maximum Gasteiger partial charge on any atom is 0.227 e. The number of aliphatic imine (C=N–C) groups is 1. The van der Waals surface area contributed by atoms with Crippen molar-refractivity contribution in [2.75, 3.05) is 13.2 Å². The maximum atomic E-state index is 6.20. The molecule has 2 fully saturated rings. The van der Waals surface area contributed by atoms with Crippen LogP contribution in [0.1, 0.15) is 37.2 Å². The van der Waals surface area contributed by atoms with Gasteiger partial charge >= 0.3 is 0 Å². The Morgan fingerprint density at radius 2 is 1.93 bits per heavy atom. The molecule has 1 aromatic carbocycles. The van der Waals surface area contributed by atoms with E-state index in [0.717, 1.165) is 61.5 Å². The van der Waals surface area contributed by atoms with E-state index in [-0.39, 0.29) is 6.10 Å². The molecule has 5 rings (SSSR count). The Kier molecular flexibility index (Phi) is 4.33. The van der Waals surface area contributed by atoms with Gasteiger partial charge in [0.25, 0.3) is 0 Å². The van der Waals surface area contributed by atoms with Crippen LogP contribution in [0.25, 0.3) is 11.0 Å². The first-order valence-electron chi connectivity index (χ1n) is 9.55. The van der Waals surface area contributed by atoms with E-state index in [1.54, 1.807) is 6.20 Å². The quantitative estimate of drug-likeness (QED) is 0.756. The van der Waals surface area contributed by atoms with E-state index in [1.807, 2.05) is 30.3 Å². The first kappa shape index (κ1) is 16.4. The molecule has 1 aliphatic heterocycles. The SMILES string of the molecule is c1cnc(OC2CC(=Nc3nc4ccccc4[nH]3)C2)c(C2CCOCC2)c1. The van der Waals surface area contributed by atoms with Crippen LogP contribution in [0, 0.1) is 0 Å². The van der Waals surface area contributed by atoms with Gasteiger partial charge in [-0.05, 0) is 37.0 Å². The Bertz CT molecular complexity index is 934. The number of hydrogen-bond acceptors (Lipinski definition) is 5. The lowest BCUT2D eigenvalue weighted by molar-refractivity contribution is 0.0836. The Labute approximate surface area is 157 Å². The average Bonchev–Trinajstić information content (AvgIpc) is 3.10. The summed E-state index contributed by atoms with van der Waals surface area (Å²) in [5, 5.41) is 0. The van der Waals surface area contributed by atoms with Gasteiger partial charge in [0.15, 0.2) is 0 Å². The molecule has 0 spiro atoms. The van der Waals surface area contributed by atoms with E-state index in [2.05, 4.69) is 26.0 Å². The molecule has 1 N–H and O–H groups in total. The Morgan fingerprint density at radius 1 is 1.07 bits per heavy atom. The third-order valence-corrected chi connectivity index (χ3v) is 5.31. The van der Waals surface area contributed by atoms with Crippen LogP contribution in [0.5, 0.6) is 5.88 Å². The van der Waals surface area contributed by atoms with Crippen LogP contribution in [0.4, 0.5) is 5.95 Å². The number of hydrogen-bond donors (Lipinski definition) is 1. The van der Waals surface area contributed by atoms with Crippen molar-refractivity contribution >= 4 is 22.7 Å². The lowest BCUT2D eigenvalue weighted by atomic mass is 9.91. The monoisotopic (exact) mass is 362 g/mol. The minimum atomic E-state index is 0.140. The molecule has 3 aromatic rings. The number of aromatic nitrogens is 3. The summed E-state index contributed by atoms with van der Waals surface area (Å²) in [4.78, 5) is 16.9. The molecule has 6 nitrogen and oxygen atoms in total. The van der Waals surface area contributed by atoms with Gasteiger partial charge in [0.05, 0.1) is 11.0 Å². The molecule has 2 aromatic heterocycles. The third kappa shape index (κ3) is 3.45. The molecule has 1 saturated heterocycles. The summed E-state index contributed by atoms with van der Waals surface area (Å²) in [7, 11) is 0. The number of H-pyrrole nitrogens is 1. The van der Waals surface area contributed by atoms with Gasteiger partial charge in [-0.25, -0.2) is 15.0 Å². The fraction of sp³-hybridized carbons (Fsp3) is 0.381. The minimum Gasteiger partial charge on any atom is -0.473 e. The summed E-state index contributed by atoms with van der Waals surface area (Å²) < 4.78 is 11.7. The van der Waals surface area contributed by atoms with Crippen LogP contribution in [-0.4, -0.2) is 40.0 Å². The van der Waals surface area contributed by atoms with Crippen molar-refractivity contribution in [3.8, 4) is 5.88 Å². The zero-order chi connectivity index (χ0) is 18.1. The predicted molar refractivity (Wildman–Crippen MR) is 104 cm³/mol. The molecule has 0 unspecified atom stereocenters. The first-order valence-corrected chi connectivity index (χ1v) is 9.55. The number of rotatable bonds is 4. The van der Waals surface area contributed by atoms with E-state index >= 15 is 0 Å². The van der Waals surface area contributed by atoms with Gasteiger partial charge in [-0.2, -0.15) is 0 Å². The van der Waals surface area contributed by atoms with Gasteiger partial charge in [-0.15, -0.1) is 0 Å². The summed E-state index contributed by atoms with van der Waals surface area (Å²) in [5.74, 6) is 1.92. The normalized spacial score (nSPS) is 20.4. The van der Waals surface area contributed by atoms with E-state index in [9.17, 15) is 0 Å². The molecule has 0 bridgehead atoms. The Morgan fingerprint density at radius 3 is 2.78 bits per heavy atom. The molecular weight excluding hydrogens is 340 g/mol. The van der Waals surface area contributed by atoms with Crippen LogP contribution in [0.2, 0.25) is 0 Å². The number of benzene rings is 1. The van der Waals surface area contributed by atoms with Crippen LogP contribution in [0.3, 0.4) is 0 Å². The summed E-state index contributed by atoms with van der Waals surface area (Å²) in [5.41, 5.74) is 4.28. The zero-order valence-electron chi connectivity index (χ0n) is 15.1. The largest absolute Gasteiger partial charge is 0.473 e. The molecular formula is C21H22N4O2. The van der Waals surface area contributed by atoms with Gasteiger partial charge in [-0.1, -0.05) is 18.2 Å². The summed E-state index contributed by atoms with van der Waals surface area (Å²) >= 11 is 0. The number of aromatic amines is 1. The average molecular weight is 362 g/mol. The Hall–Kier alpha value is -2.73. The zero-order valence-corrected chi connectivity index (χ0v) is 15.1. The summed E-state index contributed by atoms with van der Waals surface area (Å²) in [6.45, 7) is 1.63. The van der Waals surface area contributed by atoms with E-state index in [4.69, 9.17) is 9.47 Å². The van der Waals surface area contributed by atoms with Crippen molar-refractivity contribution < 1.29 is 9.47 Å². The van der Waals surface area contributed by atoms with E-state index < -0.39 is 0 Å². The second-order valence-electron chi connectivity index (χ2n) is 7.19. The van der Waals surface area contributed by atoms with Crippen LogP contribution in [-0.2, 0) is 4.74 Å². The van der Waals surface area contributed by atoms with Crippen molar-refractivity contribution in [2.45, 2.75) is 37.7 Å². The number of para-hydroxylation sites is 2. The fourth-order valence-electron chi connectivity index (χ4n) is 3.76. The lowest BCUT2D eigenvalue weighted by Gasteiger charge is -2.30. The summed E-state index contributed by atoms with van der Waals surface area (Å²) in [6, 6.07) is 12.1. The third-order valence-electron chi connectivity index (χ3n) is 5.31. The van der Waals surface area contributed by atoms with Gasteiger partial charge in [-0.3, -0.25) is 0 Å². The van der Waals surface area contributed by atoms with Crippen molar-refractivity contribution in [2.24, 2.45) is 4.99 Å². The predicted octanol–water partition coefficient (Wildman–Crippen LogP) is 4.17. The topological polar surface area (TPSA) is 72.4 Å². The molecule has 0 atom stereocenters. The second-order valence-corrected chi connectivity index (χ2v) is 7.19. The van der Waals surface area contributed by atoms with Crippen LogP contribution in [0.15, 0.2) is 47.6 Å². The highest BCUT2D eigenvalue weighted by atomic mass is 16.5. The van der Waals surface area contributed by atoms with Crippen LogP contribution < -0.4 is 4.74 Å². The van der Waals surface area contributed by atoms with Crippen molar-refractivity contribution in [3.63, 3.8) is 0 Å². The molecule has 3 heterocycles. The van der Waals surface area contributed by atoms with Gasteiger partial charge in [0.2, 0.25) is 11.8 Å². The summed E-state index contributed by atoms with van der Waals surface area (Å²) in [6.07, 6.45) is 5.65. The van der Waals surface area contributed by atoms with Crippen molar-refractivity contribution in [1.82, 2.24) is 15.0 Å². The van der Waals surface area contributed by atoms with Crippen molar-refractivity contribution in [3.05, 3.63) is 48.2 Å². The molecule has 138 valence electrons. The number of nitrogens with one attached hydrogen (secondary N) is 1. The molecule has 1 aliphatic carbocycles. The first-order chi connectivity index (χ1) is 13.3. The minimum absolute atomic E-state index is 0.140. The van der Waals surface area contributed by atoms with Crippen LogP contribution >= 0.6 is 0 Å². The highest BCUT2D eigenvalue weighted by Crippen LogP contribution is 2.34. The van der Waals surface area contributed by atoms with Gasteiger partial charge in [0.1, 0.15) is 6.10 Å².